The molecule has 0 atom stereocenters. The maximum atomic E-state index is 11.9. The highest BCUT2D eigenvalue weighted by atomic mass is 35.5. The third kappa shape index (κ3) is 4.35. The molecule has 0 fully saturated rings. The van der Waals surface area contributed by atoms with Gasteiger partial charge in [-0.2, -0.15) is 0 Å². The standard InChI is InChI=1S/C13H18ClNO2/c1-8(2)10-6-9(7-11(14)15-10)12(16)17-13(3,4)5/h6-8H,1-5H3. The molecule has 0 saturated carbocycles. The van der Waals surface area contributed by atoms with E-state index >= 15 is 0 Å². The highest BCUT2D eigenvalue weighted by Gasteiger charge is 2.19. The molecule has 0 radical (unpaired) electrons. The van der Waals surface area contributed by atoms with Gasteiger partial charge in [-0.05, 0) is 38.8 Å². The van der Waals surface area contributed by atoms with E-state index in [-0.39, 0.29) is 11.9 Å². The maximum absolute atomic E-state index is 11.9. The Labute approximate surface area is 107 Å². The summed E-state index contributed by atoms with van der Waals surface area (Å²) in [5.41, 5.74) is 0.729. The van der Waals surface area contributed by atoms with Gasteiger partial charge in [-0.1, -0.05) is 25.4 Å². The van der Waals surface area contributed by atoms with Gasteiger partial charge in [0.1, 0.15) is 10.8 Å². The summed E-state index contributed by atoms with van der Waals surface area (Å²) >= 11 is 5.89. The predicted octanol–water partition coefficient (Wildman–Crippen LogP) is 3.81. The number of carbonyl (C=O) groups excluding carboxylic acids is 1. The van der Waals surface area contributed by atoms with E-state index in [0.29, 0.717) is 10.7 Å². The summed E-state index contributed by atoms with van der Waals surface area (Å²) in [5, 5.41) is 0.317. The van der Waals surface area contributed by atoms with Crippen molar-refractivity contribution in [1.29, 1.82) is 0 Å². The first-order chi connectivity index (χ1) is 7.69. The van der Waals surface area contributed by atoms with Crippen LogP contribution < -0.4 is 0 Å². The van der Waals surface area contributed by atoms with Gasteiger partial charge in [-0.15, -0.1) is 0 Å². The van der Waals surface area contributed by atoms with Gasteiger partial charge in [0.2, 0.25) is 0 Å². The zero-order valence-electron chi connectivity index (χ0n) is 10.9. The first kappa shape index (κ1) is 14.0. The molecule has 0 N–H and O–H groups in total. The molecule has 94 valence electrons. The van der Waals surface area contributed by atoms with Gasteiger partial charge in [0.25, 0.3) is 0 Å². The Balaban J connectivity index is 3.02. The summed E-state index contributed by atoms with van der Waals surface area (Å²) in [6.45, 7) is 9.49. The number of halogens is 1. The number of ether oxygens (including phenoxy) is 1. The lowest BCUT2D eigenvalue weighted by Crippen LogP contribution is -2.24. The van der Waals surface area contributed by atoms with Crippen molar-refractivity contribution in [1.82, 2.24) is 4.98 Å². The maximum Gasteiger partial charge on any atom is 0.338 e. The van der Waals surface area contributed by atoms with E-state index < -0.39 is 5.60 Å². The Morgan fingerprint density at radius 2 is 1.94 bits per heavy atom. The molecule has 0 aromatic carbocycles. The molecule has 1 heterocycles. The molecule has 0 unspecified atom stereocenters. The van der Waals surface area contributed by atoms with Crippen LogP contribution in [0.3, 0.4) is 0 Å². The molecule has 1 rings (SSSR count). The number of hydrogen-bond acceptors (Lipinski definition) is 3. The van der Waals surface area contributed by atoms with Crippen molar-refractivity contribution >= 4 is 17.6 Å². The SMILES string of the molecule is CC(C)c1cc(C(=O)OC(C)(C)C)cc(Cl)n1. The van der Waals surface area contributed by atoms with E-state index in [2.05, 4.69) is 4.98 Å². The van der Waals surface area contributed by atoms with Crippen molar-refractivity contribution in [3.63, 3.8) is 0 Å². The minimum atomic E-state index is -0.509. The lowest BCUT2D eigenvalue weighted by Gasteiger charge is -2.19. The Morgan fingerprint density at radius 1 is 1.35 bits per heavy atom. The van der Waals surface area contributed by atoms with Crippen LogP contribution in [0, 0.1) is 0 Å². The monoisotopic (exact) mass is 255 g/mol. The molecular formula is C13H18ClNO2. The van der Waals surface area contributed by atoms with Crippen LogP contribution in [0.2, 0.25) is 5.15 Å². The van der Waals surface area contributed by atoms with Crippen molar-refractivity contribution in [2.75, 3.05) is 0 Å². The number of carbonyl (C=O) groups is 1. The second-order valence-electron chi connectivity index (χ2n) is 5.26. The topological polar surface area (TPSA) is 39.2 Å². The summed E-state index contributed by atoms with van der Waals surface area (Å²) in [6.07, 6.45) is 0. The molecule has 0 saturated heterocycles. The largest absolute Gasteiger partial charge is 0.456 e. The summed E-state index contributed by atoms with van der Waals surface area (Å²) in [6, 6.07) is 3.26. The van der Waals surface area contributed by atoms with Crippen LogP contribution in [0.25, 0.3) is 0 Å². The fourth-order valence-electron chi connectivity index (χ4n) is 1.27. The van der Waals surface area contributed by atoms with Crippen molar-refractivity contribution in [2.45, 2.75) is 46.1 Å². The van der Waals surface area contributed by atoms with Crippen molar-refractivity contribution < 1.29 is 9.53 Å². The quantitative estimate of drug-likeness (QED) is 0.596. The average Bonchev–Trinajstić information content (AvgIpc) is 2.13. The number of pyridine rings is 1. The highest BCUT2D eigenvalue weighted by Crippen LogP contribution is 2.20. The van der Waals surface area contributed by atoms with Gasteiger partial charge in [0.05, 0.1) is 5.56 Å². The molecule has 0 aliphatic rings. The van der Waals surface area contributed by atoms with E-state index in [1.165, 1.54) is 6.07 Å². The van der Waals surface area contributed by atoms with E-state index in [1.807, 2.05) is 34.6 Å². The molecule has 0 spiro atoms. The Bertz CT molecular complexity index is 422. The zero-order valence-corrected chi connectivity index (χ0v) is 11.6. The fraction of sp³-hybridized carbons (Fsp3) is 0.538. The smallest absolute Gasteiger partial charge is 0.338 e. The number of nitrogens with zero attached hydrogens (tertiary/aromatic N) is 1. The van der Waals surface area contributed by atoms with Crippen molar-refractivity contribution in [2.24, 2.45) is 0 Å². The second-order valence-corrected chi connectivity index (χ2v) is 5.65. The predicted molar refractivity (Wildman–Crippen MR) is 68.5 cm³/mol. The van der Waals surface area contributed by atoms with Gasteiger partial charge in [-0.3, -0.25) is 0 Å². The average molecular weight is 256 g/mol. The zero-order chi connectivity index (χ0) is 13.2. The summed E-state index contributed by atoms with van der Waals surface area (Å²) in [5.74, 6) is -0.154. The first-order valence-corrected chi connectivity index (χ1v) is 5.97. The van der Waals surface area contributed by atoms with Crippen molar-refractivity contribution in [3.8, 4) is 0 Å². The van der Waals surface area contributed by atoms with Gasteiger partial charge in [0, 0.05) is 5.69 Å². The third-order valence-corrected chi connectivity index (χ3v) is 2.23. The molecule has 1 aromatic heterocycles. The Hall–Kier alpha value is -1.09. The fourth-order valence-corrected chi connectivity index (χ4v) is 1.48. The molecule has 4 heteroatoms. The van der Waals surface area contributed by atoms with Crippen LogP contribution >= 0.6 is 11.6 Å². The van der Waals surface area contributed by atoms with E-state index in [9.17, 15) is 4.79 Å². The van der Waals surface area contributed by atoms with E-state index in [4.69, 9.17) is 16.3 Å². The highest BCUT2D eigenvalue weighted by molar-refractivity contribution is 6.29. The van der Waals surface area contributed by atoms with Crippen molar-refractivity contribution in [3.05, 3.63) is 28.5 Å². The van der Waals surface area contributed by atoms with Gasteiger partial charge >= 0.3 is 5.97 Å². The molecule has 0 aliphatic heterocycles. The normalized spacial score (nSPS) is 11.7. The number of hydrogen-bond donors (Lipinski definition) is 0. The number of esters is 1. The minimum Gasteiger partial charge on any atom is -0.456 e. The number of rotatable bonds is 2. The summed E-state index contributed by atoms with van der Waals surface area (Å²) in [4.78, 5) is 16.0. The number of aromatic nitrogens is 1. The molecule has 1 aromatic rings. The van der Waals surface area contributed by atoms with Gasteiger partial charge in [0.15, 0.2) is 0 Å². The molecule has 0 amide bonds. The Morgan fingerprint density at radius 3 is 2.41 bits per heavy atom. The Kier molecular flexibility index (Phi) is 4.15. The minimum absolute atomic E-state index is 0.217. The third-order valence-electron chi connectivity index (χ3n) is 2.04. The van der Waals surface area contributed by atoms with Gasteiger partial charge < -0.3 is 4.74 Å². The van der Waals surface area contributed by atoms with Crippen LogP contribution in [-0.2, 0) is 4.74 Å². The van der Waals surface area contributed by atoms with Crippen LogP contribution in [0.5, 0.6) is 0 Å². The van der Waals surface area contributed by atoms with Gasteiger partial charge in [-0.25, -0.2) is 9.78 Å². The molecule has 0 bridgehead atoms. The molecular weight excluding hydrogens is 238 g/mol. The molecule has 17 heavy (non-hydrogen) atoms. The lowest BCUT2D eigenvalue weighted by atomic mass is 10.1. The van der Waals surface area contributed by atoms with E-state index in [0.717, 1.165) is 5.69 Å². The molecule has 3 nitrogen and oxygen atoms in total. The lowest BCUT2D eigenvalue weighted by molar-refractivity contribution is 0.00692. The second kappa shape index (κ2) is 5.05. The summed E-state index contributed by atoms with van der Waals surface area (Å²) < 4.78 is 5.29. The van der Waals surface area contributed by atoms with Crippen LogP contribution in [-0.4, -0.2) is 16.6 Å². The first-order valence-electron chi connectivity index (χ1n) is 5.60. The molecule has 0 aliphatic carbocycles. The van der Waals surface area contributed by atoms with E-state index in [1.54, 1.807) is 6.07 Å². The van der Waals surface area contributed by atoms with Crippen LogP contribution in [0.1, 0.15) is 56.6 Å². The van der Waals surface area contributed by atoms with Crippen LogP contribution in [0.4, 0.5) is 0 Å². The van der Waals surface area contributed by atoms with Crippen LogP contribution in [0.15, 0.2) is 12.1 Å². The summed E-state index contributed by atoms with van der Waals surface area (Å²) in [7, 11) is 0.